The van der Waals surface area contributed by atoms with E-state index in [9.17, 15) is 0 Å². The Hall–Kier alpha value is -0.880. The fourth-order valence-corrected chi connectivity index (χ4v) is 2.82. The first-order valence-corrected chi connectivity index (χ1v) is 8.18. The zero-order valence-corrected chi connectivity index (χ0v) is 14.2. The van der Waals surface area contributed by atoms with Crippen molar-refractivity contribution in [2.75, 3.05) is 50.0 Å². The van der Waals surface area contributed by atoms with Gasteiger partial charge in [0.1, 0.15) is 5.82 Å². The molecule has 1 aliphatic rings. The van der Waals surface area contributed by atoms with E-state index < -0.39 is 0 Å². The monoisotopic (exact) mass is 341 g/mol. The van der Waals surface area contributed by atoms with Crippen LogP contribution in [0.5, 0.6) is 0 Å². The minimum atomic E-state index is 0.858. The van der Waals surface area contributed by atoms with E-state index in [0.717, 1.165) is 67.5 Å². The number of hydrogen-bond acceptors (Lipinski definition) is 5. The third-order valence-corrected chi connectivity index (χ3v) is 4.40. The molecule has 112 valence electrons. The van der Waals surface area contributed by atoms with Crippen molar-refractivity contribution < 1.29 is 0 Å². The molecule has 0 aliphatic carbocycles. The second-order valence-electron chi connectivity index (χ2n) is 5.20. The van der Waals surface area contributed by atoms with Crippen molar-refractivity contribution in [2.24, 2.45) is 0 Å². The number of nitrogens with one attached hydrogen (secondary N) is 1. The van der Waals surface area contributed by atoms with E-state index in [1.165, 1.54) is 0 Å². The van der Waals surface area contributed by atoms with Gasteiger partial charge in [-0.25, -0.2) is 4.98 Å². The van der Waals surface area contributed by atoms with Crippen LogP contribution in [0.4, 0.5) is 11.8 Å². The summed E-state index contributed by atoms with van der Waals surface area (Å²) < 4.78 is 1.01. The average molecular weight is 342 g/mol. The minimum absolute atomic E-state index is 0.858. The van der Waals surface area contributed by atoms with Crippen molar-refractivity contribution in [3.05, 3.63) is 10.2 Å². The maximum Gasteiger partial charge on any atom is 0.227 e. The van der Waals surface area contributed by atoms with E-state index in [-0.39, 0.29) is 0 Å². The summed E-state index contributed by atoms with van der Waals surface area (Å²) in [5, 5.41) is 3.39. The van der Waals surface area contributed by atoms with Gasteiger partial charge >= 0.3 is 0 Å². The van der Waals surface area contributed by atoms with Gasteiger partial charge in [-0.15, -0.1) is 0 Å². The molecule has 1 aromatic heterocycles. The molecule has 0 radical (unpaired) electrons. The summed E-state index contributed by atoms with van der Waals surface area (Å²) in [5.41, 5.74) is 1.08. The van der Waals surface area contributed by atoms with Crippen LogP contribution in [-0.4, -0.2) is 54.6 Å². The Morgan fingerprint density at radius 2 is 1.85 bits per heavy atom. The summed E-state index contributed by atoms with van der Waals surface area (Å²) in [4.78, 5) is 14.0. The normalized spacial score (nSPS) is 16.5. The molecular formula is C14H24BrN5. The molecule has 1 N–H and O–H groups in total. The van der Waals surface area contributed by atoms with Crippen LogP contribution in [0.1, 0.15) is 26.0 Å². The zero-order chi connectivity index (χ0) is 14.5. The van der Waals surface area contributed by atoms with Gasteiger partial charge < -0.3 is 15.1 Å². The first kappa shape index (κ1) is 15.5. The summed E-state index contributed by atoms with van der Waals surface area (Å²) in [7, 11) is 2.16. The van der Waals surface area contributed by atoms with Crippen molar-refractivity contribution in [1.29, 1.82) is 0 Å². The number of rotatable bonds is 5. The van der Waals surface area contributed by atoms with E-state index in [0.29, 0.717) is 0 Å². The fraction of sp³-hybridized carbons (Fsp3) is 0.714. The summed E-state index contributed by atoms with van der Waals surface area (Å²) in [5.74, 6) is 1.78. The average Bonchev–Trinajstić information content (AvgIpc) is 2.47. The highest BCUT2D eigenvalue weighted by Gasteiger charge is 2.19. The quantitative estimate of drug-likeness (QED) is 0.890. The molecule has 5 nitrogen and oxygen atoms in total. The van der Waals surface area contributed by atoms with Gasteiger partial charge in [-0.05, 0) is 35.8 Å². The Bertz CT molecular complexity index is 443. The summed E-state index contributed by atoms with van der Waals surface area (Å²) in [6, 6.07) is 0. The molecule has 0 spiro atoms. The van der Waals surface area contributed by atoms with Gasteiger partial charge in [0.15, 0.2) is 0 Å². The van der Waals surface area contributed by atoms with Crippen LogP contribution in [0.15, 0.2) is 4.47 Å². The predicted molar refractivity (Wildman–Crippen MR) is 87.6 cm³/mol. The van der Waals surface area contributed by atoms with Crippen LogP contribution in [-0.2, 0) is 6.42 Å². The van der Waals surface area contributed by atoms with Crippen LogP contribution < -0.4 is 10.2 Å². The van der Waals surface area contributed by atoms with Crippen LogP contribution in [0.25, 0.3) is 0 Å². The molecule has 0 aromatic carbocycles. The number of anilines is 2. The minimum Gasteiger partial charge on any atom is -0.369 e. The van der Waals surface area contributed by atoms with E-state index >= 15 is 0 Å². The second kappa shape index (κ2) is 7.22. The van der Waals surface area contributed by atoms with Gasteiger partial charge in [-0.1, -0.05) is 13.8 Å². The van der Waals surface area contributed by atoms with Crippen LogP contribution >= 0.6 is 15.9 Å². The Kier molecular flexibility index (Phi) is 5.60. The zero-order valence-electron chi connectivity index (χ0n) is 12.6. The number of aromatic nitrogens is 2. The lowest BCUT2D eigenvalue weighted by molar-refractivity contribution is 0.311. The van der Waals surface area contributed by atoms with Gasteiger partial charge in [0.2, 0.25) is 5.95 Å². The van der Waals surface area contributed by atoms with Gasteiger partial charge in [0, 0.05) is 32.7 Å². The third kappa shape index (κ3) is 3.61. The highest BCUT2D eigenvalue weighted by Crippen LogP contribution is 2.27. The van der Waals surface area contributed by atoms with E-state index in [4.69, 9.17) is 9.97 Å². The molecule has 2 heterocycles. The number of likely N-dealkylation sites (N-methyl/N-ethyl adjacent to an activating group) is 1. The largest absolute Gasteiger partial charge is 0.369 e. The van der Waals surface area contributed by atoms with Gasteiger partial charge in [-0.2, -0.15) is 4.98 Å². The molecule has 1 aliphatic heterocycles. The smallest absolute Gasteiger partial charge is 0.227 e. The predicted octanol–water partition coefficient (Wildman–Crippen LogP) is 2.38. The first-order chi connectivity index (χ1) is 9.65. The topological polar surface area (TPSA) is 44.3 Å². The molecule has 0 bridgehead atoms. The molecule has 0 amide bonds. The molecule has 0 unspecified atom stereocenters. The lowest BCUT2D eigenvalue weighted by Crippen LogP contribution is -2.45. The van der Waals surface area contributed by atoms with E-state index in [1.807, 2.05) is 0 Å². The molecule has 20 heavy (non-hydrogen) atoms. The molecule has 1 saturated heterocycles. The van der Waals surface area contributed by atoms with Gasteiger partial charge in [-0.3, -0.25) is 0 Å². The summed E-state index contributed by atoms with van der Waals surface area (Å²) in [6.07, 6.45) is 1.99. The number of hydrogen-bond donors (Lipinski definition) is 1. The molecule has 1 aromatic rings. The van der Waals surface area contributed by atoms with Crippen molar-refractivity contribution in [3.8, 4) is 0 Å². The molecule has 1 fully saturated rings. The van der Waals surface area contributed by atoms with E-state index in [2.05, 4.69) is 51.9 Å². The Balaban J connectivity index is 2.23. The maximum atomic E-state index is 4.72. The SMILES string of the molecule is CCCNc1nc(N2CCN(C)CC2)nc(CC)c1Br. The summed E-state index contributed by atoms with van der Waals surface area (Å²) in [6.45, 7) is 9.34. The second-order valence-corrected chi connectivity index (χ2v) is 6.00. The van der Waals surface area contributed by atoms with Crippen molar-refractivity contribution in [1.82, 2.24) is 14.9 Å². The first-order valence-electron chi connectivity index (χ1n) is 7.39. The molecular weight excluding hydrogens is 318 g/mol. The number of aryl methyl sites for hydroxylation is 1. The Morgan fingerprint density at radius 3 is 2.45 bits per heavy atom. The standard InChI is InChI=1S/C14H24BrN5/c1-4-6-16-13-12(15)11(5-2)17-14(18-13)20-9-7-19(3)8-10-20/h4-10H2,1-3H3,(H,16,17,18). The van der Waals surface area contributed by atoms with Crippen molar-refractivity contribution in [3.63, 3.8) is 0 Å². The van der Waals surface area contributed by atoms with Crippen molar-refractivity contribution in [2.45, 2.75) is 26.7 Å². The lowest BCUT2D eigenvalue weighted by Gasteiger charge is -2.32. The van der Waals surface area contributed by atoms with Crippen LogP contribution in [0, 0.1) is 0 Å². The Labute approximate surface area is 129 Å². The summed E-state index contributed by atoms with van der Waals surface area (Å²) >= 11 is 3.63. The highest BCUT2D eigenvalue weighted by molar-refractivity contribution is 9.10. The highest BCUT2D eigenvalue weighted by atomic mass is 79.9. The molecule has 0 atom stereocenters. The number of halogens is 1. The molecule has 0 saturated carbocycles. The lowest BCUT2D eigenvalue weighted by atomic mass is 10.3. The van der Waals surface area contributed by atoms with Gasteiger partial charge in [0.05, 0.1) is 10.2 Å². The maximum absolute atomic E-state index is 4.72. The third-order valence-electron chi connectivity index (χ3n) is 3.57. The molecule has 6 heteroatoms. The number of nitrogens with zero attached hydrogens (tertiary/aromatic N) is 4. The Morgan fingerprint density at radius 1 is 1.15 bits per heavy atom. The van der Waals surface area contributed by atoms with Crippen molar-refractivity contribution >= 4 is 27.7 Å². The van der Waals surface area contributed by atoms with Gasteiger partial charge in [0.25, 0.3) is 0 Å². The van der Waals surface area contributed by atoms with Crippen LogP contribution in [0.3, 0.4) is 0 Å². The van der Waals surface area contributed by atoms with E-state index in [1.54, 1.807) is 0 Å². The fourth-order valence-electron chi connectivity index (χ4n) is 2.22. The molecule has 2 rings (SSSR count). The number of piperazine rings is 1. The van der Waals surface area contributed by atoms with Crippen LogP contribution in [0.2, 0.25) is 0 Å².